The van der Waals surface area contributed by atoms with Gasteiger partial charge in [0.05, 0.1) is 0 Å². The van der Waals surface area contributed by atoms with Gasteiger partial charge in [-0.25, -0.2) is 0 Å². The Balaban J connectivity index is 1.77. The molecule has 104 valence electrons. The third kappa shape index (κ3) is 3.39. The van der Waals surface area contributed by atoms with Crippen molar-refractivity contribution in [3.8, 4) is 16.9 Å². The van der Waals surface area contributed by atoms with Crippen molar-refractivity contribution in [2.45, 2.75) is 6.61 Å². The van der Waals surface area contributed by atoms with Crippen LogP contribution in [0, 0.1) is 0 Å². The Hall–Kier alpha value is -2.81. The van der Waals surface area contributed by atoms with Crippen molar-refractivity contribution in [1.82, 2.24) is 4.98 Å². The Labute approximate surface area is 122 Å². The fourth-order valence-electron chi connectivity index (χ4n) is 2.10. The summed E-state index contributed by atoms with van der Waals surface area (Å²) in [5.74, 6) is 0.808. The molecule has 1 heterocycles. The molecule has 3 heteroatoms. The third-order valence-corrected chi connectivity index (χ3v) is 3.20. The molecule has 3 aromatic rings. The normalized spacial score (nSPS) is 10.3. The molecule has 0 fully saturated rings. The molecule has 0 spiro atoms. The molecule has 0 aliphatic carbocycles. The summed E-state index contributed by atoms with van der Waals surface area (Å²) in [5.41, 5.74) is 3.00. The van der Waals surface area contributed by atoms with E-state index in [4.69, 9.17) is 4.74 Å². The SMILES string of the molecule is O=c1ccc(-c2cccc(OCc3ccccc3)c2)c[nH]1. The van der Waals surface area contributed by atoms with Gasteiger partial charge in [-0.15, -0.1) is 0 Å². The molecule has 0 radical (unpaired) electrons. The maximum atomic E-state index is 11.1. The average molecular weight is 277 g/mol. The molecular formula is C18H15NO2. The first kappa shape index (κ1) is 13.2. The van der Waals surface area contributed by atoms with Crippen molar-refractivity contribution in [1.29, 1.82) is 0 Å². The van der Waals surface area contributed by atoms with Crippen LogP contribution >= 0.6 is 0 Å². The molecule has 1 N–H and O–H groups in total. The minimum Gasteiger partial charge on any atom is -0.489 e. The van der Waals surface area contributed by atoms with E-state index in [1.165, 1.54) is 6.07 Å². The molecule has 0 aliphatic heterocycles. The zero-order chi connectivity index (χ0) is 14.5. The van der Waals surface area contributed by atoms with E-state index in [9.17, 15) is 4.79 Å². The second-order valence-electron chi connectivity index (χ2n) is 4.74. The van der Waals surface area contributed by atoms with Crippen LogP contribution in [0.1, 0.15) is 5.56 Å². The molecule has 0 saturated heterocycles. The van der Waals surface area contributed by atoms with Gasteiger partial charge in [0.25, 0.3) is 0 Å². The lowest BCUT2D eigenvalue weighted by Gasteiger charge is -2.08. The molecule has 0 atom stereocenters. The van der Waals surface area contributed by atoms with E-state index in [0.29, 0.717) is 6.61 Å². The van der Waals surface area contributed by atoms with Crippen molar-refractivity contribution in [3.05, 3.63) is 88.8 Å². The summed E-state index contributed by atoms with van der Waals surface area (Å²) in [5, 5.41) is 0. The van der Waals surface area contributed by atoms with Crippen LogP contribution in [-0.2, 0) is 6.61 Å². The number of hydrogen-bond acceptors (Lipinski definition) is 2. The highest BCUT2D eigenvalue weighted by molar-refractivity contribution is 5.63. The number of aromatic amines is 1. The van der Waals surface area contributed by atoms with Gasteiger partial charge in [0.15, 0.2) is 0 Å². The van der Waals surface area contributed by atoms with Gasteiger partial charge in [-0.1, -0.05) is 42.5 Å². The first-order chi connectivity index (χ1) is 10.3. The number of hydrogen-bond donors (Lipinski definition) is 1. The number of nitrogens with one attached hydrogen (secondary N) is 1. The number of H-pyrrole nitrogens is 1. The lowest BCUT2D eigenvalue weighted by molar-refractivity contribution is 0.306. The van der Waals surface area contributed by atoms with Gasteiger partial charge in [0.2, 0.25) is 5.56 Å². The van der Waals surface area contributed by atoms with Crippen molar-refractivity contribution in [2.24, 2.45) is 0 Å². The van der Waals surface area contributed by atoms with Crippen LogP contribution in [0.3, 0.4) is 0 Å². The summed E-state index contributed by atoms with van der Waals surface area (Å²) in [6, 6.07) is 21.2. The number of rotatable bonds is 4. The Morgan fingerprint density at radius 1 is 0.857 bits per heavy atom. The van der Waals surface area contributed by atoms with E-state index < -0.39 is 0 Å². The lowest BCUT2D eigenvalue weighted by atomic mass is 10.1. The molecule has 2 aromatic carbocycles. The molecule has 3 nitrogen and oxygen atoms in total. The summed E-state index contributed by atoms with van der Waals surface area (Å²) < 4.78 is 5.81. The minimum absolute atomic E-state index is 0.102. The molecular weight excluding hydrogens is 262 g/mol. The van der Waals surface area contributed by atoms with Crippen LogP contribution < -0.4 is 10.3 Å². The summed E-state index contributed by atoms with van der Waals surface area (Å²) in [4.78, 5) is 13.8. The van der Waals surface area contributed by atoms with E-state index in [1.54, 1.807) is 12.3 Å². The van der Waals surface area contributed by atoms with E-state index >= 15 is 0 Å². The van der Waals surface area contributed by atoms with E-state index in [-0.39, 0.29) is 5.56 Å². The summed E-state index contributed by atoms with van der Waals surface area (Å²) in [6.07, 6.45) is 1.71. The Morgan fingerprint density at radius 3 is 2.48 bits per heavy atom. The molecule has 0 saturated carbocycles. The maximum Gasteiger partial charge on any atom is 0.247 e. The summed E-state index contributed by atoms with van der Waals surface area (Å²) in [7, 11) is 0. The predicted octanol–water partition coefficient (Wildman–Crippen LogP) is 3.62. The second-order valence-corrected chi connectivity index (χ2v) is 4.74. The zero-order valence-electron chi connectivity index (χ0n) is 11.5. The standard InChI is InChI=1S/C18H15NO2/c20-18-10-9-16(12-19-18)15-7-4-8-17(11-15)21-13-14-5-2-1-3-6-14/h1-12H,13H2,(H,19,20). The van der Waals surface area contributed by atoms with Crippen molar-refractivity contribution < 1.29 is 4.74 Å². The van der Waals surface area contributed by atoms with E-state index in [0.717, 1.165) is 22.4 Å². The largest absolute Gasteiger partial charge is 0.489 e. The minimum atomic E-state index is -0.102. The molecule has 21 heavy (non-hydrogen) atoms. The number of benzene rings is 2. The maximum absolute atomic E-state index is 11.1. The first-order valence-electron chi connectivity index (χ1n) is 6.77. The van der Waals surface area contributed by atoms with Gasteiger partial charge in [-0.05, 0) is 34.9 Å². The monoisotopic (exact) mass is 277 g/mol. The molecule has 0 aliphatic rings. The quantitative estimate of drug-likeness (QED) is 0.791. The topological polar surface area (TPSA) is 42.1 Å². The Morgan fingerprint density at radius 2 is 1.71 bits per heavy atom. The van der Waals surface area contributed by atoms with Gasteiger partial charge in [0.1, 0.15) is 12.4 Å². The molecule has 3 rings (SSSR count). The highest BCUT2D eigenvalue weighted by Crippen LogP contribution is 2.23. The van der Waals surface area contributed by atoms with Crippen molar-refractivity contribution in [2.75, 3.05) is 0 Å². The van der Waals surface area contributed by atoms with Gasteiger partial charge in [-0.2, -0.15) is 0 Å². The highest BCUT2D eigenvalue weighted by atomic mass is 16.5. The van der Waals surface area contributed by atoms with E-state index in [1.807, 2.05) is 54.6 Å². The number of aromatic nitrogens is 1. The smallest absolute Gasteiger partial charge is 0.247 e. The van der Waals surface area contributed by atoms with Crippen LogP contribution in [0.2, 0.25) is 0 Å². The second kappa shape index (κ2) is 6.09. The predicted molar refractivity (Wildman–Crippen MR) is 83.3 cm³/mol. The van der Waals surface area contributed by atoms with Crippen LogP contribution in [0.25, 0.3) is 11.1 Å². The Kier molecular flexibility index (Phi) is 3.83. The fourth-order valence-corrected chi connectivity index (χ4v) is 2.10. The van der Waals surface area contributed by atoms with E-state index in [2.05, 4.69) is 4.98 Å². The fraction of sp³-hybridized carbons (Fsp3) is 0.0556. The van der Waals surface area contributed by atoms with Crippen LogP contribution in [0.4, 0.5) is 0 Å². The molecule has 0 bridgehead atoms. The highest BCUT2D eigenvalue weighted by Gasteiger charge is 2.01. The van der Waals surface area contributed by atoms with Gasteiger partial charge < -0.3 is 9.72 Å². The van der Waals surface area contributed by atoms with Crippen molar-refractivity contribution >= 4 is 0 Å². The molecule has 0 unspecified atom stereocenters. The van der Waals surface area contributed by atoms with Crippen LogP contribution in [-0.4, -0.2) is 4.98 Å². The average Bonchev–Trinajstić information content (AvgIpc) is 2.55. The first-order valence-corrected chi connectivity index (χ1v) is 6.77. The number of pyridine rings is 1. The van der Waals surface area contributed by atoms with Crippen LogP contribution in [0.5, 0.6) is 5.75 Å². The number of ether oxygens (including phenoxy) is 1. The Bertz CT molecular complexity index is 758. The summed E-state index contributed by atoms with van der Waals surface area (Å²) in [6.45, 7) is 0.538. The molecule has 1 aromatic heterocycles. The summed E-state index contributed by atoms with van der Waals surface area (Å²) >= 11 is 0. The van der Waals surface area contributed by atoms with Gasteiger partial charge >= 0.3 is 0 Å². The zero-order valence-corrected chi connectivity index (χ0v) is 11.5. The lowest BCUT2D eigenvalue weighted by Crippen LogP contribution is -2.01. The third-order valence-electron chi connectivity index (χ3n) is 3.20. The van der Waals surface area contributed by atoms with Gasteiger partial charge in [0, 0.05) is 12.3 Å². The van der Waals surface area contributed by atoms with Crippen molar-refractivity contribution in [3.63, 3.8) is 0 Å². The van der Waals surface area contributed by atoms with Crippen LogP contribution in [0.15, 0.2) is 77.7 Å². The van der Waals surface area contributed by atoms with Gasteiger partial charge in [-0.3, -0.25) is 4.79 Å². The molecule has 0 amide bonds.